The van der Waals surface area contributed by atoms with Crippen LogP contribution in [-0.2, 0) is 0 Å². The summed E-state index contributed by atoms with van der Waals surface area (Å²) < 4.78 is 48.9. The lowest BCUT2D eigenvalue weighted by Gasteiger charge is -2.01. The zero-order chi connectivity index (χ0) is 9.46. The summed E-state index contributed by atoms with van der Waals surface area (Å²) in [7, 11) is 0. The molecule has 64 valence electrons. The van der Waals surface area contributed by atoms with E-state index in [4.69, 9.17) is 5.73 Å². The molecule has 1 rings (SSSR count). The molecular formula is C6F4IN. The Morgan fingerprint density at radius 1 is 0.833 bits per heavy atom. The molecule has 0 atom stereocenters. The number of rotatable bonds is 0. The van der Waals surface area contributed by atoms with Gasteiger partial charge in [-0.3, -0.25) is 0 Å². The Kier molecular flexibility index (Phi) is 2.45. The second-order valence-electron chi connectivity index (χ2n) is 1.92. The van der Waals surface area contributed by atoms with Crippen LogP contribution in [0.15, 0.2) is 0 Å². The van der Waals surface area contributed by atoms with Gasteiger partial charge in [0.15, 0.2) is 29.0 Å². The molecule has 0 saturated heterocycles. The lowest BCUT2D eigenvalue weighted by atomic mass is 10.3. The molecule has 0 spiro atoms. The lowest BCUT2D eigenvalue weighted by molar-refractivity contribution is 0.448. The molecule has 0 fully saturated rings. The molecule has 0 aliphatic carbocycles. The average Bonchev–Trinajstić information content (AvgIpc) is 2.08. The van der Waals surface area contributed by atoms with E-state index in [1.807, 2.05) is 0 Å². The monoisotopic (exact) mass is 289 g/mol. The van der Waals surface area contributed by atoms with Gasteiger partial charge in [-0.2, -0.15) is 0 Å². The van der Waals surface area contributed by atoms with Gasteiger partial charge in [0, 0.05) is 0 Å². The van der Waals surface area contributed by atoms with Crippen LogP contribution in [0.3, 0.4) is 0 Å². The summed E-state index contributed by atoms with van der Waals surface area (Å²) in [4.78, 5) is 0. The van der Waals surface area contributed by atoms with E-state index in [0.717, 1.165) is 22.6 Å². The van der Waals surface area contributed by atoms with Crippen LogP contribution in [0.5, 0.6) is 0 Å². The van der Waals surface area contributed by atoms with Crippen LogP contribution in [0.4, 0.5) is 23.2 Å². The van der Waals surface area contributed by atoms with Gasteiger partial charge in [-0.15, -0.1) is 5.73 Å². The zero-order valence-corrected chi connectivity index (χ0v) is 7.49. The average molecular weight is 289 g/mol. The molecule has 0 amide bonds. The van der Waals surface area contributed by atoms with E-state index in [1.54, 1.807) is 0 Å². The molecule has 12 heavy (non-hydrogen) atoms. The number of hydrogen-bond acceptors (Lipinski definition) is 0. The van der Waals surface area contributed by atoms with Crippen molar-refractivity contribution in [3.8, 4) is 0 Å². The van der Waals surface area contributed by atoms with Crippen molar-refractivity contribution in [2.75, 3.05) is 0 Å². The van der Waals surface area contributed by atoms with Crippen LogP contribution in [0.2, 0.25) is 0 Å². The molecule has 0 heterocycles. The largest absolute Gasteiger partial charge is 0.202 e. The Balaban J connectivity index is 3.60. The molecule has 0 aliphatic heterocycles. The van der Waals surface area contributed by atoms with Crippen molar-refractivity contribution < 1.29 is 17.6 Å². The minimum atomic E-state index is -1.78. The second kappa shape index (κ2) is 3.08. The predicted molar refractivity (Wildman–Crippen MR) is 40.8 cm³/mol. The Labute approximate surface area is 78.7 Å². The molecule has 0 bridgehead atoms. The van der Waals surface area contributed by atoms with Gasteiger partial charge in [0.2, 0.25) is 0 Å². The standard InChI is InChI=1S/C6F4IN/c7-1-3(9)6(12)4(10)2(8)5(1)11. The molecular weight excluding hydrogens is 289 g/mol. The SMILES string of the molecule is [N]c1c(F)c(F)c(I)c(F)c1F. The quantitative estimate of drug-likeness (QED) is 0.303. The third-order valence-corrected chi connectivity index (χ3v) is 2.13. The van der Waals surface area contributed by atoms with Crippen molar-refractivity contribution in [3.63, 3.8) is 0 Å². The van der Waals surface area contributed by atoms with Crippen molar-refractivity contribution in [2.24, 2.45) is 0 Å². The van der Waals surface area contributed by atoms with E-state index >= 15 is 0 Å². The summed E-state index contributed by atoms with van der Waals surface area (Å²) in [5.74, 6) is -6.74. The maximum atomic E-state index is 12.5. The fourth-order valence-corrected chi connectivity index (χ4v) is 1.07. The van der Waals surface area contributed by atoms with Crippen molar-refractivity contribution in [2.45, 2.75) is 0 Å². The molecule has 6 heteroatoms. The second-order valence-corrected chi connectivity index (χ2v) is 3.00. The fourth-order valence-electron chi connectivity index (χ4n) is 0.593. The van der Waals surface area contributed by atoms with Crippen molar-refractivity contribution in [3.05, 3.63) is 26.8 Å². The zero-order valence-electron chi connectivity index (χ0n) is 5.34. The Morgan fingerprint density at radius 3 is 1.50 bits per heavy atom. The summed E-state index contributed by atoms with van der Waals surface area (Å²) in [6.07, 6.45) is 0. The molecule has 1 aromatic rings. The Hall–Kier alpha value is -0.530. The van der Waals surface area contributed by atoms with E-state index in [9.17, 15) is 17.6 Å². The minimum Gasteiger partial charge on any atom is -0.202 e. The van der Waals surface area contributed by atoms with E-state index < -0.39 is 32.5 Å². The van der Waals surface area contributed by atoms with Gasteiger partial charge in [-0.25, -0.2) is 17.6 Å². The van der Waals surface area contributed by atoms with E-state index in [1.165, 1.54) is 0 Å². The minimum absolute atomic E-state index is 0.819. The van der Waals surface area contributed by atoms with E-state index in [2.05, 4.69) is 0 Å². The summed E-state index contributed by atoms with van der Waals surface area (Å²) in [6.45, 7) is 0. The van der Waals surface area contributed by atoms with Gasteiger partial charge < -0.3 is 0 Å². The first kappa shape index (κ1) is 9.56. The van der Waals surface area contributed by atoms with Crippen LogP contribution >= 0.6 is 22.6 Å². The molecule has 0 saturated carbocycles. The van der Waals surface area contributed by atoms with Crippen LogP contribution in [-0.4, -0.2) is 0 Å². The van der Waals surface area contributed by atoms with Gasteiger partial charge in [0.1, 0.15) is 0 Å². The highest BCUT2D eigenvalue weighted by Gasteiger charge is 2.22. The number of hydrogen-bond donors (Lipinski definition) is 0. The molecule has 0 aromatic heterocycles. The van der Waals surface area contributed by atoms with E-state index in [-0.39, 0.29) is 0 Å². The molecule has 0 aliphatic rings. The number of nitrogens with zero attached hydrogens (tertiary/aromatic N) is 1. The molecule has 0 unspecified atom stereocenters. The highest BCUT2D eigenvalue weighted by Crippen LogP contribution is 2.27. The normalized spacial score (nSPS) is 10.4. The van der Waals surface area contributed by atoms with Gasteiger partial charge in [0.05, 0.1) is 3.57 Å². The van der Waals surface area contributed by atoms with Gasteiger partial charge in [0.25, 0.3) is 0 Å². The highest BCUT2D eigenvalue weighted by atomic mass is 127. The first-order valence-corrected chi connectivity index (χ1v) is 3.75. The number of benzene rings is 1. The first-order chi connectivity index (χ1) is 5.46. The third kappa shape index (κ3) is 1.23. The topological polar surface area (TPSA) is 22.3 Å². The Morgan fingerprint density at radius 2 is 1.17 bits per heavy atom. The highest BCUT2D eigenvalue weighted by molar-refractivity contribution is 14.1. The lowest BCUT2D eigenvalue weighted by Crippen LogP contribution is -2.00. The van der Waals surface area contributed by atoms with Gasteiger partial charge in [-0.05, 0) is 22.6 Å². The molecule has 1 nitrogen and oxygen atoms in total. The van der Waals surface area contributed by atoms with Crippen molar-refractivity contribution in [1.82, 2.24) is 5.73 Å². The molecule has 0 N–H and O–H groups in total. The van der Waals surface area contributed by atoms with Crippen LogP contribution in [0.25, 0.3) is 0 Å². The van der Waals surface area contributed by atoms with Crippen molar-refractivity contribution in [1.29, 1.82) is 0 Å². The maximum absolute atomic E-state index is 12.5. The summed E-state index contributed by atoms with van der Waals surface area (Å²) in [5.41, 5.74) is 6.83. The Bertz CT molecular complexity index is 234. The van der Waals surface area contributed by atoms with Gasteiger partial charge >= 0.3 is 0 Å². The van der Waals surface area contributed by atoms with Crippen LogP contribution < -0.4 is 5.73 Å². The molecule has 2 radical (unpaired) electrons. The van der Waals surface area contributed by atoms with E-state index in [0.29, 0.717) is 0 Å². The predicted octanol–water partition coefficient (Wildman–Crippen LogP) is 2.55. The maximum Gasteiger partial charge on any atom is 0.190 e. The smallest absolute Gasteiger partial charge is 0.190 e. The first-order valence-electron chi connectivity index (χ1n) is 2.67. The van der Waals surface area contributed by atoms with Crippen LogP contribution in [0, 0.1) is 26.8 Å². The third-order valence-electron chi connectivity index (χ3n) is 1.19. The van der Waals surface area contributed by atoms with Crippen molar-refractivity contribution >= 4 is 28.3 Å². The van der Waals surface area contributed by atoms with Crippen LogP contribution in [0.1, 0.15) is 0 Å². The summed E-state index contributed by atoms with van der Waals surface area (Å²) in [5, 5.41) is 0. The molecule has 1 aromatic carbocycles. The fraction of sp³-hybridized carbons (Fsp3) is 0. The summed E-state index contributed by atoms with van der Waals surface area (Å²) in [6, 6.07) is 0. The number of halogens is 5. The summed E-state index contributed by atoms with van der Waals surface area (Å²) >= 11 is 1.10. The van der Waals surface area contributed by atoms with Gasteiger partial charge in [-0.1, -0.05) is 0 Å².